The molecule has 0 unspecified atom stereocenters. The van der Waals surface area contributed by atoms with Crippen molar-refractivity contribution in [2.45, 2.75) is 30.2 Å². The largest absolute Gasteiger partial charge is 0.497 e. The molecule has 0 radical (unpaired) electrons. The van der Waals surface area contributed by atoms with Crippen molar-refractivity contribution in [2.75, 3.05) is 18.3 Å². The maximum Gasteiger partial charge on any atom is 0.233 e. The number of nitrogens with zero attached hydrogens (tertiary/aromatic N) is 1. The minimum atomic E-state index is 0.0240. The Bertz CT molecular complexity index is 970. The van der Waals surface area contributed by atoms with Crippen LogP contribution in [0.2, 0.25) is 0 Å². The van der Waals surface area contributed by atoms with Gasteiger partial charge >= 0.3 is 0 Å². The second kappa shape index (κ2) is 9.40. The number of benzene rings is 3. The van der Waals surface area contributed by atoms with Crippen LogP contribution in [0, 0.1) is 5.92 Å². The van der Waals surface area contributed by atoms with E-state index in [1.165, 1.54) is 16.0 Å². The quantitative estimate of drug-likeness (QED) is 0.325. The monoisotopic (exact) mass is 417 g/mol. The van der Waals surface area contributed by atoms with Crippen LogP contribution in [-0.4, -0.2) is 19.3 Å². The fraction of sp³-hybridized carbons (Fsp3) is 0.269. The van der Waals surface area contributed by atoms with E-state index in [0.717, 1.165) is 30.7 Å². The van der Waals surface area contributed by atoms with Gasteiger partial charge in [0.15, 0.2) is 0 Å². The molecule has 0 aromatic heterocycles. The van der Waals surface area contributed by atoms with Gasteiger partial charge in [-0.1, -0.05) is 42.5 Å². The molecule has 4 rings (SSSR count). The van der Waals surface area contributed by atoms with Crippen molar-refractivity contribution in [3.8, 4) is 5.75 Å². The van der Waals surface area contributed by atoms with Crippen LogP contribution in [0.1, 0.15) is 30.0 Å². The number of anilines is 1. The first-order valence-electron chi connectivity index (χ1n) is 10.4. The lowest BCUT2D eigenvalue weighted by Gasteiger charge is -2.47. The molecule has 30 heavy (non-hydrogen) atoms. The normalized spacial score (nSPS) is 18.2. The second-order valence-corrected chi connectivity index (χ2v) is 8.49. The number of rotatable bonds is 8. The molecule has 1 heterocycles. The number of ether oxygens (including phenoxy) is 1. The van der Waals surface area contributed by atoms with E-state index >= 15 is 0 Å². The van der Waals surface area contributed by atoms with E-state index in [-0.39, 0.29) is 17.9 Å². The first kappa shape index (κ1) is 20.5. The molecule has 0 saturated carbocycles. The molecule has 0 aliphatic carbocycles. The Hall–Kier alpha value is -2.72. The van der Waals surface area contributed by atoms with Crippen LogP contribution in [0.3, 0.4) is 0 Å². The number of amides is 1. The summed E-state index contributed by atoms with van der Waals surface area (Å²) in [6, 6.07) is 27.0. The molecule has 1 saturated heterocycles. The number of hydrogen-bond acceptors (Lipinski definition) is 3. The van der Waals surface area contributed by atoms with E-state index in [0.29, 0.717) is 0 Å². The number of carbonyl (C=O) groups excluding carboxylic acids is 1. The zero-order valence-corrected chi connectivity index (χ0v) is 18.3. The number of aryl methyl sites for hydroxylation is 1. The second-order valence-electron chi connectivity index (χ2n) is 7.61. The number of thioether (sulfide) groups is 1. The SMILES string of the molecule is COc1ccc(N2C(=O)[C@H](CCCc3ccccc3)[C@H]2c2ccc(SC)cc2)cc1. The van der Waals surface area contributed by atoms with Crippen molar-refractivity contribution in [2.24, 2.45) is 5.92 Å². The maximum atomic E-state index is 13.2. The Morgan fingerprint density at radius 3 is 2.27 bits per heavy atom. The summed E-state index contributed by atoms with van der Waals surface area (Å²) >= 11 is 1.73. The smallest absolute Gasteiger partial charge is 0.233 e. The summed E-state index contributed by atoms with van der Waals surface area (Å²) in [6.07, 6.45) is 4.99. The predicted octanol–water partition coefficient (Wildman–Crippen LogP) is 6.14. The van der Waals surface area contributed by atoms with Crippen LogP contribution in [0.15, 0.2) is 83.8 Å². The molecule has 1 amide bonds. The lowest BCUT2D eigenvalue weighted by atomic mass is 9.78. The molecule has 1 fully saturated rings. The number of hydrogen-bond donors (Lipinski definition) is 0. The Labute approximate surface area is 183 Å². The number of β-lactam (4-membered cyclic amide) rings is 1. The van der Waals surface area contributed by atoms with Gasteiger partial charge in [0.2, 0.25) is 5.91 Å². The summed E-state index contributed by atoms with van der Waals surface area (Å²) < 4.78 is 5.27. The van der Waals surface area contributed by atoms with Crippen LogP contribution in [0.4, 0.5) is 5.69 Å². The Morgan fingerprint density at radius 2 is 1.63 bits per heavy atom. The Balaban J connectivity index is 1.54. The van der Waals surface area contributed by atoms with E-state index in [1.807, 2.05) is 35.2 Å². The van der Waals surface area contributed by atoms with E-state index in [4.69, 9.17) is 4.74 Å². The van der Waals surface area contributed by atoms with Crippen molar-refractivity contribution < 1.29 is 9.53 Å². The third-order valence-electron chi connectivity index (χ3n) is 5.85. The van der Waals surface area contributed by atoms with Crippen LogP contribution in [0.25, 0.3) is 0 Å². The van der Waals surface area contributed by atoms with Crippen LogP contribution >= 0.6 is 11.8 Å². The molecule has 2 atom stereocenters. The Kier molecular flexibility index (Phi) is 6.44. The molecule has 1 aliphatic heterocycles. The summed E-state index contributed by atoms with van der Waals surface area (Å²) in [5.74, 6) is 1.04. The van der Waals surface area contributed by atoms with E-state index < -0.39 is 0 Å². The van der Waals surface area contributed by atoms with Gasteiger partial charge in [-0.3, -0.25) is 4.79 Å². The van der Waals surface area contributed by atoms with Crippen LogP contribution in [-0.2, 0) is 11.2 Å². The highest BCUT2D eigenvalue weighted by atomic mass is 32.2. The zero-order valence-electron chi connectivity index (χ0n) is 17.5. The van der Waals surface area contributed by atoms with Crippen LogP contribution in [0.5, 0.6) is 5.75 Å². The highest BCUT2D eigenvalue weighted by Gasteiger charge is 2.48. The molecule has 0 spiro atoms. The molecule has 0 bridgehead atoms. The van der Waals surface area contributed by atoms with E-state index in [9.17, 15) is 4.79 Å². The van der Waals surface area contributed by atoms with Gasteiger partial charge in [-0.25, -0.2) is 0 Å². The highest BCUT2D eigenvalue weighted by Crippen LogP contribution is 2.46. The van der Waals surface area contributed by atoms with Gasteiger partial charge in [0.05, 0.1) is 19.1 Å². The highest BCUT2D eigenvalue weighted by molar-refractivity contribution is 7.98. The molecular formula is C26H27NO2S. The van der Waals surface area contributed by atoms with Gasteiger partial charge in [0, 0.05) is 10.6 Å². The van der Waals surface area contributed by atoms with Crippen molar-refractivity contribution in [1.82, 2.24) is 0 Å². The van der Waals surface area contributed by atoms with E-state index in [1.54, 1.807) is 18.9 Å². The van der Waals surface area contributed by atoms with Gasteiger partial charge < -0.3 is 9.64 Å². The van der Waals surface area contributed by atoms with Crippen molar-refractivity contribution in [1.29, 1.82) is 0 Å². The third-order valence-corrected chi connectivity index (χ3v) is 6.59. The topological polar surface area (TPSA) is 29.5 Å². The van der Waals surface area contributed by atoms with Crippen LogP contribution < -0.4 is 9.64 Å². The third kappa shape index (κ3) is 4.24. The minimum absolute atomic E-state index is 0.0240. The lowest BCUT2D eigenvalue weighted by molar-refractivity contribution is -0.130. The minimum Gasteiger partial charge on any atom is -0.497 e. The fourth-order valence-electron chi connectivity index (χ4n) is 4.21. The molecule has 3 aromatic carbocycles. The molecule has 3 aromatic rings. The molecule has 4 heteroatoms. The summed E-state index contributed by atoms with van der Waals surface area (Å²) in [6.45, 7) is 0. The van der Waals surface area contributed by atoms with Gasteiger partial charge in [-0.15, -0.1) is 11.8 Å². The average molecular weight is 418 g/mol. The standard InChI is InChI=1S/C26H27NO2S/c1-29-22-15-13-21(14-16-22)27-25(20-11-17-23(30-2)18-12-20)24(26(27)28)10-6-9-19-7-4-3-5-8-19/h3-5,7-8,11-18,24-25H,6,9-10H2,1-2H3/t24-,25-/m1/s1. The molecule has 0 N–H and O–H groups in total. The first-order chi connectivity index (χ1) is 14.7. The lowest BCUT2D eigenvalue weighted by Crippen LogP contribution is -2.55. The summed E-state index contributed by atoms with van der Waals surface area (Å²) in [7, 11) is 1.66. The van der Waals surface area contributed by atoms with Gasteiger partial charge in [0.1, 0.15) is 5.75 Å². The van der Waals surface area contributed by atoms with Gasteiger partial charge in [-0.2, -0.15) is 0 Å². The van der Waals surface area contributed by atoms with Crippen molar-refractivity contribution in [3.63, 3.8) is 0 Å². The maximum absolute atomic E-state index is 13.2. The molecule has 154 valence electrons. The average Bonchev–Trinajstić information content (AvgIpc) is 2.81. The number of carbonyl (C=O) groups is 1. The molecule has 3 nitrogen and oxygen atoms in total. The fourth-order valence-corrected chi connectivity index (χ4v) is 4.62. The first-order valence-corrected chi connectivity index (χ1v) is 11.6. The van der Waals surface area contributed by atoms with Crippen molar-refractivity contribution in [3.05, 3.63) is 90.0 Å². The zero-order chi connectivity index (χ0) is 20.9. The van der Waals surface area contributed by atoms with E-state index in [2.05, 4.69) is 54.8 Å². The Morgan fingerprint density at radius 1 is 0.933 bits per heavy atom. The van der Waals surface area contributed by atoms with Gasteiger partial charge in [-0.05, 0) is 73.0 Å². The predicted molar refractivity (Wildman–Crippen MR) is 124 cm³/mol. The van der Waals surface area contributed by atoms with Crippen molar-refractivity contribution >= 4 is 23.4 Å². The number of methoxy groups -OCH3 is 1. The van der Waals surface area contributed by atoms with Gasteiger partial charge in [0.25, 0.3) is 0 Å². The summed E-state index contributed by atoms with van der Waals surface area (Å²) in [5, 5.41) is 0. The summed E-state index contributed by atoms with van der Waals surface area (Å²) in [5.41, 5.74) is 3.46. The molecular weight excluding hydrogens is 390 g/mol. The summed E-state index contributed by atoms with van der Waals surface area (Å²) in [4.78, 5) is 16.3. The molecule has 1 aliphatic rings.